The van der Waals surface area contributed by atoms with Crippen LogP contribution in [0.25, 0.3) is 0 Å². The Bertz CT molecular complexity index is 92.2. The molecule has 0 aliphatic carbocycles. The number of carbonyl (C=O) groups excluding carboxylic acids is 1. The van der Waals surface area contributed by atoms with Crippen LogP contribution in [0.3, 0.4) is 0 Å². The van der Waals surface area contributed by atoms with E-state index in [1.807, 2.05) is 13.8 Å². The van der Waals surface area contributed by atoms with Gasteiger partial charge in [0, 0.05) is 13.0 Å². The zero-order valence-electron chi connectivity index (χ0n) is 5.80. The van der Waals surface area contributed by atoms with Gasteiger partial charge >= 0.3 is 10.0 Å². The lowest BCUT2D eigenvalue weighted by Gasteiger charge is -2.02. The first-order valence-electron chi connectivity index (χ1n) is 2.71. The van der Waals surface area contributed by atoms with Crippen molar-refractivity contribution >= 4 is 16.0 Å². The van der Waals surface area contributed by atoms with Gasteiger partial charge in [0.2, 0.25) is 0 Å². The minimum absolute atomic E-state index is 0.127. The minimum Gasteiger partial charge on any atom is -0.491 e. The Labute approximate surface area is 57.4 Å². The van der Waals surface area contributed by atoms with Crippen molar-refractivity contribution < 1.29 is 13.6 Å². The largest absolute Gasteiger partial charge is 0.523 e. The van der Waals surface area contributed by atoms with E-state index >= 15 is 0 Å². The van der Waals surface area contributed by atoms with Gasteiger partial charge in [-0.05, 0) is 13.8 Å². The monoisotopic (exact) mass is 146 g/mol. The molecule has 0 fully saturated rings. The average Bonchev–Trinajstić information content (AvgIpc) is 1.63. The molecular formula is C5H10O3Si. The van der Waals surface area contributed by atoms with Crippen molar-refractivity contribution in [2.24, 2.45) is 0 Å². The van der Waals surface area contributed by atoms with Gasteiger partial charge in [-0.25, -0.2) is 0 Å². The van der Waals surface area contributed by atoms with E-state index in [4.69, 9.17) is 4.43 Å². The Hall–Kier alpha value is -0.353. The Kier molecular flexibility index (Phi) is 4.34. The maximum Gasteiger partial charge on any atom is 0.523 e. The van der Waals surface area contributed by atoms with E-state index in [1.54, 1.807) is 0 Å². The number of hydrogen-bond donors (Lipinski definition) is 0. The molecule has 52 valence electrons. The summed E-state index contributed by atoms with van der Waals surface area (Å²) < 4.78 is 9.46. The van der Waals surface area contributed by atoms with Crippen LogP contribution in [0.1, 0.15) is 20.8 Å². The smallest absolute Gasteiger partial charge is 0.491 e. The Balaban J connectivity index is 3.01. The standard InChI is InChI=1S/C5H10O3Si/c1-4(2)7-9-8-5(3)6/h4H,1-3H3. The van der Waals surface area contributed by atoms with Crippen LogP contribution in [-0.4, -0.2) is 22.1 Å². The molecule has 0 rings (SSSR count). The van der Waals surface area contributed by atoms with Gasteiger partial charge in [-0.3, -0.25) is 4.79 Å². The third kappa shape index (κ3) is 7.65. The van der Waals surface area contributed by atoms with E-state index < -0.39 is 0 Å². The van der Waals surface area contributed by atoms with Crippen molar-refractivity contribution in [2.45, 2.75) is 26.9 Å². The second-order valence-corrected chi connectivity index (χ2v) is 2.45. The summed E-state index contributed by atoms with van der Waals surface area (Å²) in [6.45, 7) is 5.13. The van der Waals surface area contributed by atoms with Crippen LogP contribution in [0.2, 0.25) is 0 Å². The van der Waals surface area contributed by atoms with Gasteiger partial charge in [0.1, 0.15) is 0 Å². The fraction of sp³-hybridized carbons (Fsp3) is 0.800. The average molecular weight is 146 g/mol. The maximum absolute atomic E-state index is 10.1. The molecule has 3 nitrogen and oxygen atoms in total. The van der Waals surface area contributed by atoms with Crippen LogP contribution in [0.5, 0.6) is 0 Å². The summed E-state index contributed by atoms with van der Waals surface area (Å²) in [5.74, 6) is -0.297. The lowest BCUT2D eigenvalue weighted by atomic mass is 10.5. The van der Waals surface area contributed by atoms with Gasteiger partial charge in [0.15, 0.2) is 0 Å². The third-order valence-corrected chi connectivity index (χ3v) is 1.41. The highest BCUT2D eigenvalue weighted by Gasteiger charge is 1.99. The molecule has 0 atom stereocenters. The first kappa shape index (κ1) is 8.65. The topological polar surface area (TPSA) is 35.5 Å². The van der Waals surface area contributed by atoms with E-state index in [-0.39, 0.29) is 22.1 Å². The molecule has 0 heterocycles. The Morgan fingerprint density at radius 1 is 1.56 bits per heavy atom. The summed E-state index contributed by atoms with van der Waals surface area (Å²) in [4.78, 5) is 10.1. The second-order valence-electron chi connectivity index (χ2n) is 1.84. The highest BCUT2D eigenvalue weighted by atomic mass is 28.3. The third-order valence-electron chi connectivity index (χ3n) is 0.469. The summed E-state index contributed by atoms with van der Waals surface area (Å²) in [7, 11) is -0.157. The van der Waals surface area contributed by atoms with Gasteiger partial charge < -0.3 is 8.85 Å². The summed E-state index contributed by atoms with van der Waals surface area (Å²) in [5, 5.41) is 0. The van der Waals surface area contributed by atoms with E-state index in [2.05, 4.69) is 4.43 Å². The molecule has 0 bridgehead atoms. The van der Waals surface area contributed by atoms with Gasteiger partial charge in [0.05, 0.1) is 0 Å². The fourth-order valence-electron chi connectivity index (χ4n) is 0.179. The zero-order chi connectivity index (χ0) is 7.28. The molecule has 0 unspecified atom stereocenters. The van der Waals surface area contributed by atoms with Crippen molar-refractivity contribution in [2.75, 3.05) is 0 Å². The van der Waals surface area contributed by atoms with Crippen LogP contribution in [0.15, 0.2) is 0 Å². The first-order valence-corrected chi connectivity index (χ1v) is 3.52. The quantitative estimate of drug-likeness (QED) is 0.544. The molecule has 0 amide bonds. The predicted molar refractivity (Wildman–Crippen MR) is 33.7 cm³/mol. The number of hydrogen-bond acceptors (Lipinski definition) is 3. The van der Waals surface area contributed by atoms with E-state index in [0.717, 1.165) is 0 Å². The second kappa shape index (κ2) is 4.52. The van der Waals surface area contributed by atoms with Crippen LogP contribution in [-0.2, 0) is 13.6 Å². The minimum atomic E-state index is -0.297. The molecule has 0 saturated heterocycles. The Morgan fingerprint density at radius 2 is 2.11 bits per heavy atom. The summed E-state index contributed by atoms with van der Waals surface area (Å²) in [5.41, 5.74) is 0. The SMILES string of the molecule is CC(=O)O[Si]OC(C)C. The van der Waals surface area contributed by atoms with Gasteiger partial charge in [-0.15, -0.1) is 0 Å². The van der Waals surface area contributed by atoms with E-state index in [9.17, 15) is 4.79 Å². The molecule has 4 heteroatoms. The molecule has 0 spiro atoms. The van der Waals surface area contributed by atoms with Crippen molar-refractivity contribution in [1.29, 1.82) is 0 Å². The number of carbonyl (C=O) groups is 1. The molecule has 0 aromatic heterocycles. The molecular weight excluding hydrogens is 136 g/mol. The molecule has 0 N–H and O–H groups in total. The molecule has 0 aromatic carbocycles. The highest BCUT2D eigenvalue weighted by Crippen LogP contribution is 1.84. The molecule has 0 aliphatic rings. The summed E-state index contributed by atoms with van der Waals surface area (Å²) in [6, 6.07) is 0. The lowest BCUT2D eigenvalue weighted by Crippen LogP contribution is -2.13. The maximum atomic E-state index is 10.1. The van der Waals surface area contributed by atoms with Crippen LogP contribution in [0, 0.1) is 0 Å². The van der Waals surface area contributed by atoms with Crippen molar-refractivity contribution in [3.63, 3.8) is 0 Å². The summed E-state index contributed by atoms with van der Waals surface area (Å²) >= 11 is 0. The molecule has 0 aromatic rings. The van der Waals surface area contributed by atoms with E-state index in [0.29, 0.717) is 0 Å². The molecule has 9 heavy (non-hydrogen) atoms. The predicted octanol–water partition coefficient (Wildman–Crippen LogP) is 0.509. The lowest BCUT2D eigenvalue weighted by molar-refractivity contribution is -0.132. The van der Waals surface area contributed by atoms with E-state index in [1.165, 1.54) is 6.92 Å². The molecule has 0 saturated carbocycles. The van der Waals surface area contributed by atoms with Crippen molar-refractivity contribution in [1.82, 2.24) is 0 Å². The number of rotatable bonds is 3. The summed E-state index contributed by atoms with van der Waals surface area (Å²) in [6.07, 6.45) is 0.127. The molecule has 0 aliphatic heterocycles. The molecule has 2 radical (unpaired) electrons. The van der Waals surface area contributed by atoms with Crippen molar-refractivity contribution in [3.05, 3.63) is 0 Å². The van der Waals surface area contributed by atoms with Crippen LogP contribution >= 0.6 is 0 Å². The Morgan fingerprint density at radius 3 is 2.44 bits per heavy atom. The fourth-order valence-corrected chi connectivity index (χ4v) is 0.537. The zero-order valence-corrected chi connectivity index (χ0v) is 6.80. The first-order chi connectivity index (χ1) is 4.13. The van der Waals surface area contributed by atoms with Crippen LogP contribution < -0.4 is 0 Å². The van der Waals surface area contributed by atoms with Gasteiger partial charge in [-0.1, -0.05) is 0 Å². The van der Waals surface area contributed by atoms with Crippen molar-refractivity contribution in [3.8, 4) is 0 Å². The van der Waals surface area contributed by atoms with Gasteiger partial charge in [-0.2, -0.15) is 0 Å². The highest BCUT2D eigenvalue weighted by molar-refractivity contribution is 6.22. The van der Waals surface area contributed by atoms with Crippen LogP contribution in [0.4, 0.5) is 0 Å². The normalized spacial score (nSPS) is 9.78. The van der Waals surface area contributed by atoms with Gasteiger partial charge in [0.25, 0.3) is 5.97 Å².